The molecule has 0 aliphatic rings. The second-order valence-corrected chi connectivity index (χ2v) is 6.01. The van der Waals surface area contributed by atoms with Gasteiger partial charge < -0.3 is 10.6 Å². The SMILES string of the molecule is Cc1ccccc1CNc1nncc(Nc2ccc(Cl)c(Cl)c2)n1. The smallest absolute Gasteiger partial charge is 0.244 e. The number of rotatable bonds is 5. The maximum atomic E-state index is 6.01. The molecule has 0 bridgehead atoms. The molecule has 5 nitrogen and oxygen atoms in total. The normalized spacial score (nSPS) is 10.5. The van der Waals surface area contributed by atoms with Crippen LogP contribution in [0.15, 0.2) is 48.7 Å². The first-order chi connectivity index (χ1) is 11.6. The zero-order valence-corrected chi connectivity index (χ0v) is 14.4. The average molecular weight is 360 g/mol. The van der Waals surface area contributed by atoms with E-state index in [1.165, 1.54) is 11.1 Å². The maximum Gasteiger partial charge on any atom is 0.244 e. The van der Waals surface area contributed by atoms with Crippen LogP contribution in [0.4, 0.5) is 17.5 Å². The van der Waals surface area contributed by atoms with Gasteiger partial charge in [0, 0.05) is 12.2 Å². The summed E-state index contributed by atoms with van der Waals surface area (Å²) < 4.78 is 0. The molecule has 0 unspecified atom stereocenters. The first-order valence-electron chi connectivity index (χ1n) is 7.32. The van der Waals surface area contributed by atoms with Gasteiger partial charge >= 0.3 is 0 Å². The maximum absolute atomic E-state index is 6.01. The lowest BCUT2D eigenvalue weighted by Gasteiger charge is -2.09. The lowest BCUT2D eigenvalue weighted by Crippen LogP contribution is -2.07. The number of aryl methyl sites for hydroxylation is 1. The molecule has 1 heterocycles. The summed E-state index contributed by atoms with van der Waals surface area (Å²) in [6, 6.07) is 13.4. The predicted octanol–water partition coefficient (Wildman–Crippen LogP) is 4.84. The number of hydrogen-bond donors (Lipinski definition) is 2. The van der Waals surface area contributed by atoms with Crippen LogP contribution in [0, 0.1) is 6.92 Å². The first-order valence-corrected chi connectivity index (χ1v) is 8.07. The Bertz CT molecular complexity index is 854. The molecule has 2 N–H and O–H groups in total. The van der Waals surface area contributed by atoms with Crippen molar-refractivity contribution in [3.05, 3.63) is 69.8 Å². The molecule has 7 heteroatoms. The van der Waals surface area contributed by atoms with Crippen molar-refractivity contribution < 1.29 is 0 Å². The number of aromatic nitrogens is 3. The third kappa shape index (κ3) is 4.13. The minimum absolute atomic E-state index is 0.448. The molecule has 0 radical (unpaired) electrons. The van der Waals surface area contributed by atoms with Gasteiger partial charge in [0.25, 0.3) is 0 Å². The lowest BCUT2D eigenvalue weighted by molar-refractivity contribution is 0.946. The fourth-order valence-corrected chi connectivity index (χ4v) is 2.44. The van der Waals surface area contributed by atoms with Crippen LogP contribution >= 0.6 is 23.2 Å². The van der Waals surface area contributed by atoms with Gasteiger partial charge in [0.1, 0.15) is 0 Å². The van der Waals surface area contributed by atoms with Crippen molar-refractivity contribution in [2.24, 2.45) is 0 Å². The van der Waals surface area contributed by atoms with Gasteiger partial charge in [0.15, 0.2) is 5.82 Å². The molecule has 0 saturated heterocycles. The van der Waals surface area contributed by atoms with Crippen LogP contribution < -0.4 is 10.6 Å². The molecule has 1 aromatic heterocycles. The van der Waals surface area contributed by atoms with E-state index in [0.717, 1.165) is 5.69 Å². The van der Waals surface area contributed by atoms with Gasteiger partial charge in [-0.25, -0.2) is 0 Å². The zero-order valence-electron chi connectivity index (χ0n) is 12.9. The molecule has 0 saturated carbocycles. The monoisotopic (exact) mass is 359 g/mol. The molecule has 0 fully saturated rings. The summed E-state index contributed by atoms with van der Waals surface area (Å²) in [7, 11) is 0. The van der Waals surface area contributed by atoms with E-state index in [9.17, 15) is 0 Å². The Morgan fingerprint density at radius 2 is 1.88 bits per heavy atom. The number of benzene rings is 2. The van der Waals surface area contributed by atoms with Crippen molar-refractivity contribution in [3.63, 3.8) is 0 Å². The molecule has 0 atom stereocenters. The molecule has 0 amide bonds. The van der Waals surface area contributed by atoms with E-state index in [4.69, 9.17) is 23.2 Å². The van der Waals surface area contributed by atoms with Crippen LogP contribution in [0.1, 0.15) is 11.1 Å². The zero-order chi connectivity index (χ0) is 16.9. The van der Waals surface area contributed by atoms with E-state index in [2.05, 4.69) is 44.9 Å². The van der Waals surface area contributed by atoms with Gasteiger partial charge in [-0.05, 0) is 36.2 Å². The van der Waals surface area contributed by atoms with E-state index in [0.29, 0.717) is 28.4 Å². The van der Waals surface area contributed by atoms with Crippen molar-refractivity contribution in [2.75, 3.05) is 10.6 Å². The quantitative estimate of drug-likeness (QED) is 0.682. The lowest BCUT2D eigenvalue weighted by atomic mass is 10.1. The Labute approximate surface area is 150 Å². The number of hydrogen-bond acceptors (Lipinski definition) is 5. The molecule has 0 aliphatic carbocycles. The van der Waals surface area contributed by atoms with Gasteiger partial charge in [-0.3, -0.25) is 0 Å². The second kappa shape index (κ2) is 7.47. The number of nitrogens with zero attached hydrogens (tertiary/aromatic N) is 3. The van der Waals surface area contributed by atoms with Crippen LogP contribution in [0.25, 0.3) is 0 Å². The summed E-state index contributed by atoms with van der Waals surface area (Å²) in [6.07, 6.45) is 1.54. The van der Waals surface area contributed by atoms with Crippen molar-refractivity contribution >= 4 is 40.7 Å². The summed E-state index contributed by atoms with van der Waals surface area (Å²) in [5, 5.41) is 15.2. The van der Waals surface area contributed by atoms with Gasteiger partial charge in [-0.1, -0.05) is 47.5 Å². The molecular weight excluding hydrogens is 345 g/mol. The summed E-state index contributed by atoms with van der Waals surface area (Å²) in [5.41, 5.74) is 3.17. The molecule has 2 aromatic carbocycles. The van der Waals surface area contributed by atoms with E-state index >= 15 is 0 Å². The van der Waals surface area contributed by atoms with Crippen molar-refractivity contribution in [1.29, 1.82) is 0 Å². The van der Waals surface area contributed by atoms with E-state index in [-0.39, 0.29) is 0 Å². The van der Waals surface area contributed by atoms with Crippen molar-refractivity contribution in [3.8, 4) is 0 Å². The number of halogens is 2. The van der Waals surface area contributed by atoms with Gasteiger partial charge in [-0.15, -0.1) is 5.10 Å². The Kier molecular flexibility index (Phi) is 5.13. The first kappa shape index (κ1) is 16.5. The van der Waals surface area contributed by atoms with Gasteiger partial charge in [0.2, 0.25) is 5.95 Å². The summed E-state index contributed by atoms with van der Waals surface area (Å²) in [4.78, 5) is 4.39. The Morgan fingerprint density at radius 1 is 1.04 bits per heavy atom. The standard InChI is InChI=1S/C17H15Cl2N5/c1-11-4-2-3-5-12(11)9-20-17-23-16(10-21-24-17)22-13-6-7-14(18)15(19)8-13/h2-8,10H,9H2,1H3,(H2,20,22,23,24). The highest BCUT2D eigenvalue weighted by atomic mass is 35.5. The van der Waals surface area contributed by atoms with E-state index in [1.807, 2.05) is 18.2 Å². The van der Waals surface area contributed by atoms with Crippen LogP contribution in [-0.2, 0) is 6.54 Å². The fourth-order valence-electron chi connectivity index (χ4n) is 2.14. The van der Waals surface area contributed by atoms with Crippen molar-refractivity contribution in [1.82, 2.24) is 15.2 Å². The largest absolute Gasteiger partial charge is 0.349 e. The average Bonchev–Trinajstić information content (AvgIpc) is 2.58. The molecule has 0 aliphatic heterocycles. The number of nitrogens with one attached hydrogen (secondary N) is 2. The summed E-state index contributed by atoms with van der Waals surface area (Å²) in [5.74, 6) is 1.01. The molecule has 122 valence electrons. The predicted molar refractivity (Wildman–Crippen MR) is 98.1 cm³/mol. The van der Waals surface area contributed by atoms with Crippen LogP contribution in [0.2, 0.25) is 10.0 Å². The van der Waals surface area contributed by atoms with Crippen LogP contribution in [-0.4, -0.2) is 15.2 Å². The minimum Gasteiger partial charge on any atom is -0.349 e. The highest BCUT2D eigenvalue weighted by Gasteiger charge is 2.04. The Balaban J connectivity index is 1.69. The fraction of sp³-hybridized carbons (Fsp3) is 0.118. The Morgan fingerprint density at radius 3 is 2.67 bits per heavy atom. The molecular formula is C17H15Cl2N5. The highest BCUT2D eigenvalue weighted by molar-refractivity contribution is 6.42. The number of anilines is 3. The third-order valence-corrected chi connectivity index (χ3v) is 4.19. The molecule has 0 spiro atoms. The summed E-state index contributed by atoms with van der Waals surface area (Å²) in [6.45, 7) is 2.70. The summed E-state index contributed by atoms with van der Waals surface area (Å²) >= 11 is 11.9. The third-order valence-electron chi connectivity index (χ3n) is 3.45. The van der Waals surface area contributed by atoms with Crippen LogP contribution in [0.3, 0.4) is 0 Å². The molecule has 3 aromatic rings. The van der Waals surface area contributed by atoms with Gasteiger partial charge in [-0.2, -0.15) is 10.1 Å². The highest BCUT2D eigenvalue weighted by Crippen LogP contribution is 2.26. The Hall–Kier alpha value is -2.37. The second-order valence-electron chi connectivity index (χ2n) is 5.20. The van der Waals surface area contributed by atoms with E-state index in [1.54, 1.807) is 18.3 Å². The molecule has 3 rings (SSSR count). The van der Waals surface area contributed by atoms with Crippen LogP contribution in [0.5, 0.6) is 0 Å². The van der Waals surface area contributed by atoms with Gasteiger partial charge in [0.05, 0.1) is 16.2 Å². The molecule has 24 heavy (non-hydrogen) atoms. The topological polar surface area (TPSA) is 62.7 Å². The van der Waals surface area contributed by atoms with Crippen molar-refractivity contribution in [2.45, 2.75) is 13.5 Å². The van der Waals surface area contributed by atoms with E-state index < -0.39 is 0 Å². The minimum atomic E-state index is 0.448.